The van der Waals surface area contributed by atoms with Crippen molar-refractivity contribution >= 4 is 44.4 Å². The van der Waals surface area contributed by atoms with Gasteiger partial charge in [0, 0.05) is 4.47 Å². The predicted octanol–water partition coefficient (Wildman–Crippen LogP) is 5.27. The lowest BCUT2D eigenvalue weighted by molar-refractivity contribution is -0.112. The van der Waals surface area contributed by atoms with Gasteiger partial charge in [-0.05, 0) is 61.4 Å². The van der Waals surface area contributed by atoms with Gasteiger partial charge < -0.3 is 14.2 Å². The Balaban J connectivity index is 1.65. The van der Waals surface area contributed by atoms with Crippen LogP contribution in [-0.2, 0) is 11.2 Å². The number of nitrogens with one attached hydrogen (secondary N) is 1. The lowest BCUT2D eigenvalue weighted by Gasteiger charge is -2.13. The van der Waals surface area contributed by atoms with Crippen molar-refractivity contribution in [3.05, 3.63) is 63.1 Å². The molecule has 2 aromatic carbocycles. The topological polar surface area (TPSA) is 106 Å². The van der Waals surface area contributed by atoms with Gasteiger partial charge in [-0.1, -0.05) is 40.3 Å². The Bertz CT molecular complexity index is 1190. The van der Waals surface area contributed by atoms with E-state index in [2.05, 4.69) is 31.4 Å². The number of nitrogens with zero attached hydrogens (tertiary/aromatic N) is 3. The van der Waals surface area contributed by atoms with Crippen molar-refractivity contribution < 1.29 is 19.0 Å². The average molecular weight is 543 g/mol. The minimum absolute atomic E-state index is 0.0627. The van der Waals surface area contributed by atoms with Crippen LogP contribution in [0.2, 0.25) is 0 Å². The van der Waals surface area contributed by atoms with E-state index in [0.29, 0.717) is 42.0 Å². The van der Waals surface area contributed by atoms with E-state index >= 15 is 0 Å². The van der Waals surface area contributed by atoms with Crippen LogP contribution in [0.5, 0.6) is 17.2 Å². The zero-order valence-electron chi connectivity index (χ0n) is 18.7. The van der Waals surface area contributed by atoms with Crippen molar-refractivity contribution in [1.29, 1.82) is 5.26 Å². The first-order valence-electron chi connectivity index (χ1n) is 10.6. The summed E-state index contributed by atoms with van der Waals surface area (Å²) in [5, 5.41) is 21.1. The quantitative estimate of drug-likeness (QED) is 0.200. The molecule has 0 fully saturated rings. The highest BCUT2D eigenvalue weighted by molar-refractivity contribution is 9.10. The van der Waals surface area contributed by atoms with Gasteiger partial charge in [0.25, 0.3) is 5.91 Å². The number of halogens is 1. The molecule has 0 aliphatic rings. The minimum atomic E-state index is -0.551. The van der Waals surface area contributed by atoms with Gasteiger partial charge in [-0.15, -0.1) is 10.2 Å². The Morgan fingerprint density at radius 3 is 2.53 bits per heavy atom. The van der Waals surface area contributed by atoms with E-state index in [0.717, 1.165) is 21.7 Å². The van der Waals surface area contributed by atoms with Crippen LogP contribution in [0.15, 0.2) is 52.5 Å². The first-order valence-corrected chi connectivity index (χ1v) is 12.2. The smallest absolute Gasteiger partial charge is 0.268 e. The number of amides is 1. The van der Waals surface area contributed by atoms with E-state index in [1.807, 2.05) is 44.2 Å². The molecule has 176 valence electrons. The van der Waals surface area contributed by atoms with Crippen LogP contribution in [0.1, 0.15) is 24.4 Å². The molecule has 3 rings (SSSR count). The normalized spacial score (nSPS) is 10.9. The molecule has 0 bridgehead atoms. The molecule has 1 amide bonds. The zero-order chi connectivity index (χ0) is 24.3. The second-order valence-electron chi connectivity index (χ2n) is 6.77. The standard InChI is InChI=1S/C24H23BrN4O4S/c1-3-22-28-29-24(34-22)27-23(30)17(15-26)13-16-5-10-20(21(14-16)31-4-2)33-12-11-32-19-8-6-18(25)7-9-19/h5-10,13-14H,3-4,11-12H2,1-2H3,(H,27,29,30)/b17-13-. The second-order valence-corrected chi connectivity index (χ2v) is 8.75. The molecule has 10 heteroatoms. The van der Waals surface area contributed by atoms with Gasteiger partial charge in [-0.2, -0.15) is 5.26 Å². The number of aromatic nitrogens is 2. The summed E-state index contributed by atoms with van der Waals surface area (Å²) in [6.07, 6.45) is 2.21. The summed E-state index contributed by atoms with van der Waals surface area (Å²) in [5.41, 5.74) is 0.562. The van der Waals surface area contributed by atoms with Crippen molar-refractivity contribution in [3.8, 4) is 23.3 Å². The number of anilines is 1. The molecule has 3 aromatic rings. The maximum atomic E-state index is 12.5. The summed E-state index contributed by atoms with van der Waals surface area (Å²) in [7, 11) is 0. The van der Waals surface area contributed by atoms with Crippen molar-refractivity contribution in [2.75, 3.05) is 25.1 Å². The van der Waals surface area contributed by atoms with E-state index in [4.69, 9.17) is 14.2 Å². The third-order valence-electron chi connectivity index (χ3n) is 4.36. The van der Waals surface area contributed by atoms with Crippen LogP contribution in [0.3, 0.4) is 0 Å². The average Bonchev–Trinajstić information content (AvgIpc) is 3.30. The van der Waals surface area contributed by atoms with Crippen molar-refractivity contribution in [2.45, 2.75) is 20.3 Å². The highest BCUT2D eigenvalue weighted by Gasteiger charge is 2.14. The number of carbonyl (C=O) groups is 1. The third kappa shape index (κ3) is 7.30. The molecule has 1 N–H and O–H groups in total. The van der Waals surface area contributed by atoms with Gasteiger partial charge in [0.1, 0.15) is 35.6 Å². The first kappa shape index (κ1) is 25.2. The molecule has 0 saturated heterocycles. The van der Waals surface area contributed by atoms with Crippen LogP contribution < -0.4 is 19.5 Å². The monoisotopic (exact) mass is 542 g/mol. The van der Waals surface area contributed by atoms with Gasteiger partial charge in [0.15, 0.2) is 11.5 Å². The van der Waals surface area contributed by atoms with Gasteiger partial charge in [-0.3, -0.25) is 10.1 Å². The third-order valence-corrected chi connectivity index (χ3v) is 5.87. The van der Waals surface area contributed by atoms with Gasteiger partial charge in [0.05, 0.1) is 6.61 Å². The maximum Gasteiger partial charge on any atom is 0.268 e. The fourth-order valence-electron chi connectivity index (χ4n) is 2.77. The highest BCUT2D eigenvalue weighted by Crippen LogP contribution is 2.29. The molecular formula is C24H23BrN4O4S. The Morgan fingerprint density at radius 2 is 1.85 bits per heavy atom. The van der Waals surface area contributed by atoms with Crippen LogP contribution >= 0.6 is 27.3 Å². The van der Waals surface area contributed by atoms with Crippen molar-refractivity contribution in [3.63, 3.8) is 0 Å². The van der Waals surface area contributed by atoms with Crippen LogP contribution in [0, 0.1) is 11.3 Å². The Hall–Kier alpha value is -3.42. The van der Waals surface area contributed by atoms with Gasteiger partial charge >= 0.3 is 0 Å². The summed E-state index contributed by atoms with van der Waals surface area (Å²) in [6, 6.07) is 14.7. The van der Waals surface area contributed by atoms with Crippen LogP contribution in [0.4, 0.5) is 5.13 Å². The van der Waals surface area contributed by atoms with Gasteiger partial charge in [-0.25, -0.2) is 0 Å². The molecule has 0 spiro atoms. The molecule has 0 radical (unpaired) electrons. The minimum Gasteiger partial charge on any atom is -0.490 e. The van der Waals surface area contributed by atoms with Crippen molar-refractivity contribution in [2.24, 2.45) is 0 Å². The zero-order valence-corrected chi connectivity index (χ0v) is 21.1. The summed E-state index contributed by atoms with van der Waals surface area (Å²) in [5.74, 6) is 1.25. The molecule has 1 aromatic heterocycles. The molecule has 1 heterocycles. The molecule has 34 heavy (non-hydrogen) atoms. The Morgan fingerprint density at radius 1 is 1.09 bits per heavy atom. The Kier molecular flexibility index (Phi) is 9.43. The number of ether oxygens (including phenoxy) is 3. The number of hydrogen-bond acceptors (Lipinski definition) is 8. The molecule has 8 nitrogen and oxygen atoms in total. The lowest BCUT2D eigenvalue weighted by atomic mass is 10.1. The first-order chi connectivity index (χ1) is 16.5. The number of carbonyl (C=O) groups excluding carboxylic acids is 1. The largest absolute Gasteiger partial charge is 0.490 e. The van der Waals surface area contributed by atoms with E-state index < -0.39 is 5.91 Å². The SMILES string of the molecule is CCOc1cc(/C=C(/C#N)C(=O)Nc2nnc(CC)s2)ccc1OCCOc1ccc(Br)cc1. The molecule has 0 aliphatic heterocycles. The number of aryl methyl sites for hydroxylation is 1. The maximum absolute atomic E-state index is 12.5. The number of rotatable bonds is 11. The molecule has 0 unspecified atom stereocenters. The van der Waals surface area contributed by atoms with Crippen molar-refractivity contribution in [1.82, 2.24) is 10.2 Å². The van der Waals surface area contributed by atoms with E-state index in [1.165, 1.54) is 17.4 Å². The van der Waals surface area contributed by atoms with Crippen LogP contribution in [-0.4, -0.2) is 35.9 Å². The summed E-state index contributed by atoms with van der Waals surface area (Å²) in [4.78, 5) is 12.5. The molecular weight excluding hydrogens is 520 g/mol. The predicted molar refractivity (Wildman–Crippen MR) is 134 cm³/mol. The van der Waals surface area contributed by atoms with E-state index in [1.54, 1.807) is 18.2 Å². The molecule has 0 aliphatic carbocycles. The number of hydrogen-bond donors (Lipinski definition) is 1. The fraction of sp³-hybridized carbons (Fsp3) is 0.250. The van der Waals surface area contributed by atoms with E-state index in [-0.39, 0.29) is 5.57 Å². The van der Waals surface area contributed by atoms with Crippen LogP contribution in [0.25, 0.3) is 6.08 Å². The fourth-order valence-corrected chi connectivity index (χ4v) is 3.71. The number of nitriles is 1. The Labute approximate surface area is 210 Å². The summed E-state index contributed by atoms with van der Waals surface area (Å²) >= 11 is 4.66. The summed E-state index contributed by atoms with van der Waals surface area (Å²) in [6.45, 7) is 4.92. The molecule has 0 atom stereocenters. The lowest BCUT2D eigenvalue weighted by Crippen LogP contribution is -2.13. The number of benzene rings is 2. The highest BCUT2D eigenvalue weighted by atomic mass is 79.9. The van der Waals surface area contributed by atoms with E-state index in [9.17, 15) is 10.1 Å². The summed E-state index contributed by atoms with van der Waals surface area (Å²) < 4.78 is 18.2. The second kappa shape index (κ2) is 12.7. The van der Waals surface area contributed by atoms with Gasteiger partial charge in [0.2, 0.25) is 5.13 Å². The molecule has 0 saturated carbocycles.